The van der Waals surface area contributed by atoms with Crippen LogP contribution in [0.15, 0.2) is 27.8 Å². The van der Waals surface area contributed by atoms with E-state index in [4.69, 9.17) is 15.9 Å². The van der Waals surface area contributed by atoms with E-state index >= 15 is 0 Å². The van der Waals surface area contributed by atoms with Gasteiger partial charge in [0, 0.05) is 30.0 Å². The number of imidazole rings is 1. The van der Waals surface area contributed by atoms with Gasteiger partial charge in [-0.05, 0) is 37.7 Å². The van der Waals surface area contributed by atoms with Gasteiger partial charge in [-0.1, -0.05) is 19.0 Å². The van der Waals surface area contributed by atoms with E-state index in [0.717, 1.165) is 60.0 Å². The van der Waals surface area contributed by atoms with E-state index in [2.05, 4.69) is 25.6 Å². The first-order valence-corrected chi connectivity index (χ1v) is 10.9. The van der Waals surface area contributed by atoms with E-state index in [9.17, 15) is 4.79 Å². The number of nitrogens with zero attached hydrogens (tertiary/aromatic N) is 5. The zero-order valence-corrected chi connectivity index (χ0v) is 17.8. The maximum absolute atomic E-state index is 12.4. The van der Waals surface area contributed by atoms with Crippen molar-refractivity contribution in [3.8, 4) is 12.3 Å². The molecule has 1 fully saturated rings. The molecule has 1 aliphatic carbocycles. The van der Waals surface area contributed by atoms with Gasteiger partial charge in [-0.15, -0.1) is 12.3 Å². The predicted octanol–water partition coefficient (Wildman–Crippen LogP) is 3.99. The Morgan fingerprint density at radius 2 is 2.13 bits per heavy atom. The first-order valence-electron chi connectivity index (χ1n) is 10.9. The van der Waals surface area contributed by atoms with Crippen molar-refractivity contribution in [1.29, 1.82) is 0 Å². The number of nitrogens with one attached hydrogen (secondary N) is 1. The molecule has 0 aromatic carbocycles. The molecule has 8 heteroatoms. The summed E-state index contributed by atoms with van der Waals surface area (Å²) in [4.78, 5) is 25.0. The standard InChI is InChI=1S/C23H26N6O2/c1-4-5-15-6-8-16(9-7-15)29-19(13-28-22(14(2)3)27-31-23(28)30)26-18-12-25-21-17(20(18)29)10-11-24-21/h1,10-12,14-16H,5-9,13H2,2-3H3,(H,24,25). The van der Waals surface area contributed by atoms with Crippen molar-refractivity contribution < 1.29 is 4.52 Å². The van der Waals surface area contributed by atoms with E-state index in [0.29, 0.717) is 24.3 Å². The monoisotopic (exact) mass is 418 g/mol. The highest BCUT2D eigenvalue weighted by atomic mass is 16.5. The number of fused-ring (bicyclic) bond motifs is 3. The maximum atomic E-state index is 12.4. The van der Waals surface area contributed by atoms with Crippen LogP contribution in [-0.2, 0) is 6.54 Å². The summed E-state index contributed by atoms with van der Waals surface area (Å²) in [6.07, 6.45) is 14.4. The van der Waals surface area contributed by atoms with Gasteiger partial charge in [0.2, 0.25) is 0 Å². The Bertz CT molecular complexity index is 1320. The van der Waals surface area contributed by atoms with Crippen LogP contribution < -0.4 is 5.76 Å². The molecule has 1 aliphatic rings. The zero-order valence-electron chi connectivity index (χ0n) is 17.8. The molecule has 0 unspecified atom stereocenters. The molecule has 31 heavy (non-hydrogen) atoms. The Morgan fingerprint density at radius 1 is 1.32 bits per heavy atom. The Morgan fingerprint density at radius 3 is 2.87 bits per heavy atom. The van der Waals surface area contributed by atoms with Gasteiger partial charge in [-0.25, -0.2) is 14.8 Å². The van der Waals surface area contributed by atoms with Crippen molar-refractivity contribution in [2.75, 3.05) is 0 Å². The van der Waals surface area contributed by atoms with Gasteiger partial charge in [0.05, 0.1) is 18.3 Å². The molecular weight excluding hydrogens is 392 g/mol. The summed E-state index contributed by atoms with van der Waals surface area (Å²) in [5.41, 5.74) is 2.74. The summed E-state index contributed by atoms with van der Waals surface area (Å²) < 4.78 is 8.89. The van der Waals surface area contributed by atoms with Crippen molar-refractivity contribution >= 4 is 22.1 Å². The molecule has 4 heterocycles. The lowest BCUT2D eigenvalue weighted by Crippen LogP contribution is -2.24. The number of hydrogen-bond acceptors (Lipinski definition) is 5. The number of hydrogen-bond donors (Lipinski definition) is 1. The number of rotatable bonds is 5. The first-order chi connectivity index (χ1) is 15.1. The van der Waals surface area contributed by atoms with E-state index in [1.165, 1.54) is 0 Å². The fraction of sp³-hybridized carbons (Fsp3) is 0.478. The van der Waals surface area contributed by atoms with E-state index in [-0.39, 0.29) is 5.92 Å². The molecule has 1 N–H and O–H groups in total. The molecule has 4 aromatic heterocycles. The van der Waals surface area contributed by atoms with Crippen molar-refractivity contribution in [1.82, 2.24) is 29.2 Å². The molecule has 160 valence electrons. The SMILES string of the molecule is C#CCC1CCC(n2c(Cn3c(C(C)C)noc3=O)nc3cnc4[nH]ccc4c32)CC1. The summed E-state index contributed by atoms with van der Waals surface area (Å²) >= 11 is 0. The lowest BCUT2D eigenvalue weighted by atomic mass is 9.84. The zero-order chi connectivity index (χ0) is 21.5. The first kappa shape index (κ1) is 19.6. The molecule has 0 saturated heterocycles. The summed E-state index contributed by atoms with van der Waals surface area (Å²) in [7, 11) is 0. The minimum Gasteiger partial charge on any atom is -0.346 e. The molecule has 0 bridgehead atoms. The molecule has 0 spiro atoms. The second kappa shape index (κ2) is 7.73. The van der Waals surface area contributed by atoms with Crippen LogP contribution in [0, 0.1) is 18.3 Å². The lowest BCUT2D eigenvalue weighted by molar-refractivity contribution is 0.277. The average molecular weight is 419 g/mol. The van der Waals surface area contributed by atoms with Gasteiger partial charge in [-0.2, -0.15) is 0 Å². The molecular formula is C23H26N6O2. The van der Waals surface area contributed by atoms with Gasteiger partial charge in [0.1, 0.15) is 17.0 Å². The van der Waals surface area contributed by atoms with Crippen LogP contribution in [0.1, 0.15) is 69.6 Å². The summed E-state index contributed by atoms with van der Waals surface area (Å²) in [6, 6.07) is 2.34. The molecule has 5 rings (SSSR count). The lowest BCUT2D eigenvalue weighted by Gasteiger charge is -2.30. The molecule has 0 amide bonds. The van der Waals surface area contributed by atoms with Gasteiger partial charge >= 0.3 is 5.76 Å². The normalized spacial score (nSPS) is 19.4. The number of pyridine rings is 1. The third kappa shape index (κ3) is 3.34. The molecule has 0 aliphatic heterocycles. The average Bonchev–Trinajstić information content (AvgIpc) is 3.46. The van der Waals surface area contributed by atoms with Crippen LogP contribution in [0.2, 0.25) is 0 Å². The quantitative estimate of drug-likeness (QED) is 0.495. The highest BCUT2D eigenvalue weighted by molar-refractivity contribution is 6.01. The Balaban J connectivity index is 1.63. The van der Waals surface area contributed by atoms with Crippen LogP contribution in [0.4, 0.5) is 0 Å². The molecule has 0 atom stereocenters. The molecule has 8 nitrogen and oxygen atoms in total. The van der Waals surface area contributed by atoms with Crippen molar-refractivity contribution in [2.45, 2.75) is 64.5 Å². The molecule has 1 saturated carbocycles. The van der Waals surface area contributed by atoms with Crippen molar-refractivity contribution in [3.05, 3.63) is 40.7 Å². The summed E-state index contributed by atoms with van der Waals surface area (Å²) in [5.74, 6) is 4.48. The van der Waals surface area contributed by atoms with Crippen LogP contribution in [0.3, 0.4) is 0 Å². The van der Waals surface area contributed by atoms with E-state index in [1.807, 2.05) is 26.1 Å². The smallest absolute Gasteiger partial charge is 0.346 e. The summed E-state index contributed by atoms with van der Waals surface area (Å²) in [5, 5.41) is 5.03. The third-order valence-corrected chi connectivity index (χ3v) is 6.43. The van der Waals surface area contributed by atoms with Gasteiger partial charge in [-0.3, -0.25) is 9.09 Å². The second-order valence-corrected chi connectivity index (χ2v) is 8.76. The Kier molecular flexibility index (Phi) is 4.89. The van der Waals surface area contributed by atoms with Gasteiger partial charge < -0.3 is 9.55 Å². The highest BCUT2D eigenvalue weighted by Gasteiger charge is 2.27. The van der Waals surface area contributed by atoms with E-state index < -0.39 is 5.76 Å². The largest absolute Gasteiger partial charge is 0.442 e. The topological polar surface area (TPSA) is 94.5 Å². The van der Waals surface area contributed by atoms with Crippen LogP contribution in [0.5, 0.6) is 0 Å². The van der Waals surface area contributed by atoms with Crippen LogP contribution in [0.25, 0.3) is 22.1 Å². The number of H-pyrrole nitrogens is 1. The number of terminal acetylenes is 1. The highest BCUT2D eigenvalue weighted by Crippen LogP contribution is 2.38. The maximum Gasteiger partial charge on any atom is 0.442 e. The molecule has 0 radical (unpaired) electrons. The minimum atomic E-state index is -0.454. The number of aromatic amines is 1. The van der Waals surface area contributed by atoms with Crippen LogP contribution in [-0.4, -0.2) is 29.2 Å². The predicted molar refractivity (Wildman–Crippen MR) is 118 cm³/mol. The molecule has 4 aromatic rings. The summed E-state index contributed by atoms with van der Waals surface area (Å²) in [6.45, 7) is 4.31. The van der Waals surface area contributed by atoms with Crippen molar-refractivity contribution in [3.63, 3.8) is 0 Å². The third-order valence-electron chi connectivity index (χ3n) is 6.43. The Hall–Kier alpha value is -3.34. The van der Waals surface area contributed by atoms with E-state index in [1.54, 1.807) is 10.8 Å². The fourth-order valence-electron chi connectivity index (χ4n) is 4.90. The van der Waals surface area contributed by atoms with Gasteiger partial charge in [0.15, 0.2) is 5.82 Å². The Labute approximate surface area is 179 Å². The number of aromatic nitrogens is 6. The van der Waals surface area contributed by atoms with Crippen LogP contribution >= 0.6 is 0 Å². The van der Waals surface area contributed by atoms with Crippen molar-refractivity contribution in [2.24, 2.45) is 5.92 Å². The second-order valence-electron chi connectivity index (χ2n) is 8.76. The minimum absolute atomic E-state index is 0.0709. The fourth-order valence-corrected chi connectivity index (χ4v) is 4.90. The van der Waals surface area contributed by atoms with Gasteiger partial charge in [0.25, 0.3) is 0 Å².